The second kappa shape index (κ2) is 3.80. The summed E-state index contributed by atoms with van der Waals surface area (Å²) in [5.41, 5.74) is 1.53. The predicted octanol–water partition coefficient (Wildman–Crippen LogP) is 1.00. The highest BCUT2D eigenvalue weighted by Gasteiger charge is 2.19. The number of hydrogen-bond donors (Lipinski definition) is 1. The summed E-state index contributed by atoms with van der Waals surface area (Å²) in [7, 11) is 1.72. The number of aromatic nitrogens is 4. The topological polar surface area (TPSA) is 72.9 Å². The molecule has 84 valence electrons. The maximum absolute atomic E-state index is 11.0. The number of aryl methyl sites for hydroxylation is 2. The molecule has 2 aromatic heterocycles. The average Bonchev–Trinajstić information content (AvgIpc) is 2.82. The van der Waals surface area contributed by atoms with E-state index in [2.05, 4.69) is 10.1 Å². The normalized spacial score (nSPS) is 10.6. The van der Waals surface area contributed by atoms with Crippen molar-refractivity contribution in [3.63, 3.8) is 0 Å². The Morgan fingerprint density at radius 3 is 2.88 bits per heavy atom. The summed E-state index contributed by atoms with van der Waals surface area (Å²) in [6, 6.07) is 0. The van der Waals surface area contributed by atoms with Gasteiger partial charge in [0.2, 0.25) is 0 Å². The Morgan fingerprint density at radius 2 is 2.25 bits per heavy atom. The fourth-order valence-corrected chi connectivity index (χ4v) is 1.67. The number of imidazole rings is 1. The molecule has 0 atom stereocenters. The van der Waals surface area contributed by atoms with E-state index in [-0.39, 0.29) is 5.56 Å². The van der Waals surface area contributed by atoms with E-state index < -0.39 is 5.97 Å². The quantitative estimate of drug-likeness (QED) is 0.837. The van der Waals surface area contributed by atoms with Crippen molar-refractivity contribution in [3.05, 3.63) is 24.3 Å². The van der Waals surface area contributed by atoms with Gasteiger partial charge in [-0.25, -0.2) is 9.78 Å². The minimum Gasteiger partial charge on any atom is -0.478 e. The maximum atomic E-state index is 11.0. The zero-order valence-electron chi connectivity index (χ0n) is 9.08. The molecule has 0 saturated carbocycles. The van der Waals surface area contributed by atoms with Gasteiger partial charge in [-0.05, 0) is 6.92 Å². The minimum absolute atomic E-state index is 0.192. The lowest BCUT2D eigenvalue weighted by Crippen LogP contribution is -2.04. The van der Waals surface area contributed by atoms with Gasteiger partial charge in [0.25, 0.3) is 0 Å². The van der Waals surface area contributed by atoms with Gasteiger partial charge in [0.05, 0.1) is 24.4 Å². The first-order valence-corrected chi connectivity index (χ1v) is 4.91. The molecule has 6 nitrogen and oxygen atoms in total. The van der Waals surface area contributed by atoms with Crippen LogP contribution in [0.25, 0.3) is 11.4 Å². The molecule has 0 unspecified atom stereocenters. The first-order chi connectivity index (χ1) is 7.65. The largest absolute Gasteiger partial charge is 0.478 e. The van der Waals surface area contributed by atoms with Crippen LogP contribution >= 0.6 is 0 Å². The summed E-state index contributed by atoms with van der Waals surface area (Å²) in [4.78, 5) is 15.1. The molecule has 0 fully saturated rings. The standard InChI is InChI=1S/C10H12N4O2/c1-3-14-6-11-5-8(14)9-7(10(15)16)4-12-13(9)2/h4-6H,3H2,1-2H3,(H,15,16). The van der Waals surface area contributed by atoms with Gasteiger partial charge < -0.3 is 9.67 Å². The molecule has 0 radical (unpaired) electrons. The molecule has 2 rings (SSSR count). The highest BCUT2D eigenvalue weighted by atomic mass is 16.4. The van der Waals surface area contributed by atoms with E-state index >= 15 is 0 Å². The third kappa shape index (κ3) is 1.48. The second-order valence-corrected chi connectivity index (χ2v) is 3.40. The number of carboxylic acids is 1. The molecule has 16 heavy (non-hydrogen) atoms. The molecule has 6 heteroatoms. The van der Waals surface area contributed by atoms with Gasteiger partial charge >= 0.3 is 5.97 Å². The highest BCUT2D eigenvalue weighted by Crippen LogP contribution is 2.22. The van der Waals surface area contributed by atoms with Crippen molar-refractivity contribution in [3.8, 4) is 11.4 Å². The predicted molar refractivity (Wildman–Crippen MR) is 57.1 cm³/mol. The molecule has 1 N–H and O–H groups in total. The maximum Gasteiger partial charge on any atom is 0.339 e. The number of aromatic carboxylic acids is 1. The van der Waals surface area contributed by atoms with E-state index in [1.807, 2.05) is 11.5 Å². The molecule has 0 aliphatic heterocycles. The molecule has 0 aromatic carbocycles. The summed E-state index contributed by atoms with van der Waals surface area (Å²) < 4.78 is 3.43. The Morgan fingerprint density at radius 1 is 1.50 bits per heavy atom. The van der Waals surface area contributed by atoms with Crippen molar-refractivity contribution in [1.82, 2.24) is 19.3 Å². The van der Waals surface area contributed by atoms with Crippen molar-refractivity contribution in [1.29, 1.82) is 0 Å². The number of carboxylic acid groups (broad SMARTS) is 1. The van der Waals surface area contributed by atoms with E-state index in [0.717, 1.165) is 12.2 Å². The van der Waals surface area contributed by atoms with E-state index in [4.69, 9.17) is 5.11 Å². The number of rotatable bonds is 3. The zero-order valence-corrected chi connectivity index (χ0v) is 9.08. The lowest BCUT2D eigenvalue weighted by atomic mass is 10.2. The average molecular weight is 220 g/mol. The Balaban J connectivity index is 2.63. The van der Waals surface area contributed by atoms with E-state index in [1.54, 1.807) is 24.3 Å². The highest BCUT2D eigenvalue weighted by molar-refractivity contribution is 5.94. The van der Waals surface area contributed by atoms with Crippen LogP contribution < -0.4 is 0 Å². The van der Waals surface area contributed by atoms with Gasteiger partial charge in [-0.1, -0.05) is 0 Å². The Kier molecular flexibility index (Phi) is 2.47. The van der Waals surface area contributed by atoms with Crippen LogP contribution in [0, 0.1) is 0 Å². The van der Waals surface area contributed by atoms with E-state index in [1.165, 1.54) is 6.20 Å². The SMILES string of the molecule is CCn1cncc1-c1c(C(=O)O)cnn1C. The summed E-state index contributed by atoms with van der Waals surface area (Å²) in [6.45, 7) is 2.71. The van der Waals surface area contributed by atoms with Gasteiger partial charge in [0.15, 0.2) is 0 Å². The lowest BCUT2D eigenvalue weighted by Gasteiger charge is -2.06. The molecule has 2 heterocycles. The van der Waals surface area contributed by atoms with Crippen LogP contribution in [0.2, 0.25) is 0 Å². The molecule has 2 aromatic rings. The fourth-order valence-electron chi connectivity index (χ4n) is 1.67. The smallest absolute Gasteiger partial charge is 0.339 e. The lowest BCUT2D eigenvalue weighted by molar-refractivity contribution is 0.0697. The van der Waals surface area contributed by atoms with Gasteiger partial charge in [0, 0.05) is 13.6 Å². The summed E-state index contributed by atoms with van der Waals surface area (Å²) in [5, 5.41) is 13.0. The minimum atomic E-state index is -0.980. The van der Waals surface area contributed by atoms with Crippen LogP contribution in [0.5, 0.6) is 0 Å². The first-order valence-electron chi connectivity index (χ1n) is 4.91. The van der Waals surface area contributed by atoms with Crippen molar-refractivity contribution in [2.75, 3.05) is 0 Å². The van der Waals surface area contributed by atoms with Crippen LogP contribution in [0.1, 0.15) is 17.3 Å². The number of carbonyl (C=O) groups is 1. The van der Waals surface area contributed by atoms with Crippen LogP contribution in [0.4, 0.5) is 0 Å². The first kappa shape index (κ1) is 10.4. The van der Waals surface area contributed by atoms with Crippen molar-refractivity contribution < 1.29 is 9.90 Å². The molecule has 0 aliphatic carbocycles. The molecule has 0 saturated heterocycles. The molecule has 0 amide bonds. The monoisotopic (exact) mass is 220 g/mol. The summed E-state index contributed by atoms with van der Waals surface area (Å²) in [6.07, 6.45) is 4.67. The van der Waals surface area contributed by atoms with Gasteiger partial charge in [-0.15, -0.1) is 0 Å². The van der Waals surface area contributed by atoms with Crippen LogP contribution in [-0.4, -0.2) is 30.4 Å². The van der Waals surface area contributed by atoms with Crippen molar-refractivity contribution >= 4 is 5.97 Å². The van der Waals surface area contributed by atoms with Crippen LogP contribution in [0.3, 0.4) is 0 Å². The Hall–Kier alpha value is -2.11. The van der Waals surface area contributed by atoms with Gasteiger partial charge in [-0.2, -0.15) is 5.10 Å². The Bertz CT molecular complexity index is 527. The van der Waals surface area contributed by atoms with Gasteiger partial charge in [-0.3, -0.25) is 4.68 Å². The van der Waals surface area contributed by atoms with Crippen LogP contribution in [0.15, 0.2) is 18.7 Å². The molecule has 0 bridgehead atoms. The van der Waals surface area contributed by atoms with E-state index in [9.17, 15) is 4.79 Å². The third-order valence-electron chi connectivity index (χ3n) is 2.46. The van der Waals surface area contributed by atoms with Crippen molar-refractivity contribution in [2.24, 2.45) is 7.05 Å². The molecular formula is C10H12N4O2. The number of hydrogen-bond acceptors (Lipinski definition) is 3. The fraction of sp³-hybridized carbons (Fsp3) is 0.300. The third-order valence-corrected chi connectivity index (χ3v) is 2.46. The Labute approximate surface area is 92.2 Å². The summed E-state index contributed by atoms with van der Waals surface area (Å²) >= 11 is 0. The van der Waals surface area contributed by atoms with Crippen LogP contribution in [-0.2, 0) is 13.6 Å². The second-order valence-electron chi connectivity index (χ2n) is 3.40. The van der Waals surface area contributed by atoms with Crippen molar-refractivity contribution in [2.45, 2.75) is 13.5 Å². The molecule has 0 aliphatic rings. The zero-order chi connectivity index (χ0) is 11.7. The molecular weight excluding hydrogens is 208 g/mol. The van der Waals surface area contributed by atoms with E-state index in [0.29, 0.717) is 5.69 Å². The van der Waals surface area contributed by atoms with Gasteiger partial charge in [0.1, 0.15) is 11.3 Å². The number of nitrogens with zero attached hydrogens (tertiary/aromatic N) is 4. The molecule has 0 spiro atoms. The summed E-state index contributed by atoms with van der Waals surface area (Å²) in [5.74, 6) is -0.980.